The molecule has 1 aromatic carbocycles. The van der Waals surface area contributed by atoms with E-state index in [1.54, 1.807) is 6.07 Å². The summed E-state index contributed by atoms with van der Waals surface area (Å²) >= 11 is 6.26. The number of ether oxygens (including phenoxy) is 1. The lowest BCUT2D eigenvalue weighted by molar-refractivity contribution is -0.148. The average molecular weight is 463 g/mol. The molecule has 166 valence electrons. The molecule has 7 nitrogen and oxygen atoms in total. The van der Waals surface area contributed by atoms with Crippen LogP contribution in [0.3, 0.4) is 0 Å². The van der Waals surface area contributed by atoms with E-state index in [-0.39, 0.29) is 5.54 Å². The topological polar surface area (TPSA) is 90.4 Å². The second-order valence-electron chi connectivity index (χ2n) is 9.23. The van der Waals surface area contributed by atoms with Gasteiger partial charge in [0, 0.05) is 58.7 Å². The zero-order chi connectivity index (χ0) is 21.8. The number of nitrogens with zero attached hydrogens (tertiary/aromatic N) is 3. The van der Waals surface area contributed by atoms with Crippen molar-refractivity contribution < 1.29 is 13.7 Å². The van der Waals surface area contributed by atoms with Crippen molar-refractivity contribution in [2.45, 2.75) is 50.0 Å². The first-order chi connectivity index (χ1) is 14.8. The largest absolute Gasteiger partial charge is 0.367 e. The monoisotopic (exact) mass is 462 g/mol. The number of benzene rings is 1. The Kier molecular flexibility index (Phi) is 5.24. The summed E-state index contributed by atoms with van der Waals surface area (Å²) in [4.78, 5) is 14.3. The van der Waals surface area contributed by atoms with Crippen molar-refractivity contribution in [3.05, 3.63) is 52.3 Å². The standard InChI is InChI=1S/C22H27ClN4O3S/c1-21(6-9-31(29)14-21)27-13-15(11-25-27)12-26-7-4-22(5-8-26)18-10-16(23)2-3-17(18)19(30-22)20(24)28/h2-3,10-11,13,19H,4-9,12,14H2,1H3,(H2,24,28). The number of piperidine rings is 1. The summed E-state index contributed by atoms with van der Waals surface area (Å²) in [6.45, 7) is 4.61. The Balaban J connectivity index is 1.28. The van der Waals surface area contributed by atoms with Crippen molar-refractivity contribution in [3.63, 3.8) is 0 Å². The zero-order valence-corrected chi connectivity index (χ0v) is 19.1. The number of rotatable bonds is 4. The third-order valence-electron chi connectivity index (χ3n) is 6.99. The molecule has 2 fully saturated rings. The quantitative estimate of drug-likeness (QED) is 0.753. The van der Waals surface area contributed by atoms with Crippen LogP contribution in [0.2, 0.25) is 5.02 Å². The number of primary amides is 1. The van der Waals surface area contributed by atoms with E-state index in [1.807, 2.05) is 23.0 Å². The van der Waals surface area contributed by atoms with Crippen molar-refractivity contribution in [2.24, 2.45) is 5.73 Å². The Morgan fingerprint density at radius 1 is 1.35 bits per heavy atom. The van der Waals surface area contributed by atoms with Gasteiger partial charge in [-0.1, -0.05) is 17.7 Å². The number of hydrogen-bond donors (Lipinski definition) is 1. The van der Waals surface area contributed by atoms with E-state index in [0.717, 1.165) is 61.3 Å². The highest BCUT2D eigenvalue weighted by atomic mass is 35.5. The number of fused-ring (bicyclic) bond motifs is 2. The Labute approximate surface area is 189 Å². The minimum absolute atomic E-state index is 0.153. The normalized spacial score (nSPS) is 30.0. The van der Waals surface area contributed by atoms with E-state index < -0.39 is 28.4 Å². The van der Waals surface area contributed by atoms with Gasteiger partial charge in [-0.15, -0.1) is 0 Å². The molecule has 3 atom stereocenters. The predicted octanol–water partition coefficient (Wildman–Crippen LogP) is 2.45. The molecule has 2 saturated heterocycles. The zero-order valence-electron chi connectivity index (χ0n) is 17.6. The number of hydrogen-bond acceptors (Lipinski definition) is 5. The summed E-state index contributed by atoms with van der Waals surface area (Å²) in [6.07, 6.45) is 5.74. The second kappa shape index (κ2) is 7.69. The van der Waals surface area contributed by atoms with Crippen LogP contribution >= 0.6 is 11.6 Å². The molecule has 1 aromatic heterocycles. The van der Waals surface area contributed by atoms with Gasteiger partial charge in [-0.05, 0) is 49.4 Å². The maximum Gasteiger partial charge on any atom is 0.251 e. The fourth-order valence-electron chi connectivity index (χ4n) is 5.18. The van der Waals surface area contributed by atoms with E-state index in [0.29, 0.717) is 10.8 Å². The molecule has 1 amide bonds. The van der Waals surface area contributed by atoms with Crippen molar-refractivity contribution in [2.75, 3.05) is 24.6 Å². The van der Waals surface area contributed by atoms with Crippen LogP contribution in [0, 0.1) is 0 Å². The number of carbonyl (C=O) groups is 1. The van der Waals surface area contributed by atoms with E-state index in [2.05, 4.69) is 23.1 Å². The van der Waals surface area contributed by atoms with Gasteiger partial charge < -0.3 is 10.5 Å². The first-order valence-corrected chi connectivity index (χ1v) is 12.5. The maximum absolute atomic E-state index is 12.0. The second-order valence-corrected chi connectivity index (χ2v) is 11.2. The van der Waals surface area contributed by atoms with Crippen molar-refractivity contribution >= 4 is 28.3 Å². The van der Waals surface area contributed by atoms with Crippen LogP contribution in [0.4, 0.5) is 0 Å². The number of amides is 1. The van der Waals surface area contributed by atoms with Gasteiger partial charge in [0.15, 0.2) is 6.10 Å². The number of aromatic nitrogens is 2. The van der Waals surface area contributed by atoms with Gasteiger partial charge in [0.25, 0.3) is 5.91 Å². The SMILES string of the molecule is CC1(n2cc(CN3CCC4(CC3)OC(C(N)=O)c3ccc(Cl)cc34)cn2)CCS(=O)C1. The highest BCUT2D eigenvalue weighted by molar-refractivity contribution is 7.85. The lowest BCUT2D eigenvalue weighted by Gasteiger charge is -2.39. The van der Waals surface area contributed by atoms with Gasteiger partial charge in [-0.25, -0.2) is 0 Å². The average Bonchev–Trinajstić information content (AvgIpc) is 3.42. The fraction of sp³-hybridized carbons (Fsp3) is 0.545. The Morgan fingerprint density at radius 3 is 2.81 bits per heavy atom. The van der Waals surface area contributed by atoms with Crippen LogP contribution in [-0.2, 0) is 38.0 Å². The molecule has 9 heteroatoms. The summed E-state index contributed by atoms with van der Waals surface area (Å²) in [7, 11) is -0.749. The van der Waals surface area contributed by atoms with Crippen LogP contribution < -0.4 is 5.73 Å². The Bertz CT molecular complexity index is 1050. The summed E-state index contributed by atoms with van der Waals surface area (Å²) in [5.41, 5.74) is 7.94. The molecule has 4 heterocycles. The molecule has 31 heavy (non-hydrogen) atoms. The highest BCUT2D eigenvalue weighted by Gasteiger charge is 2.48. The van der Waals surface area contributed by atoms with Gasteiger partial charge in [0.1, 0.15) is 0 Å². The third-order valence-corrected chi connectivity index (χ3v) is 8.83. The Morgan fingerprint density at radius 2 is 2.13 bits per heavy atom. The van der Waals surface area contributed by atoms with Gasteiger partial charge in [0.05, 0.1) is 17.3 Å². The lowest BCUT2D eigenvalue weighted by atomic mass is 9.83. The molecule has 0 aliphatic carbocycles. The molecule has 5 rings (SSSR count). The number of nitrogens with two attached hydrogens (primary N) is 1. The van der Waals surface area contributed by atoms with Gasteiger partial charge in [0.2, 0.25) is 0 Å². The molecule has 3 aliphatic heterocycles. The summed E-state index contributed by atoms with van der Waals surface area (Å²) in [5.74, 6) is 0.954. The van der Waals surface area contributed by atoms with Crippen LogP contribution in [0.5, 0.6) is 0 Å². The highest BCUT2D eigenvalue weighted by Crippen LogP contribution is 2.50. The molecular weight excluding hydrogens is 436 g/mol. The molecule has 2 N–H and O–H groups in total. The van der Waals surface area contributed by atoms with Crippen molar-refractivity contribution in [1.29, 1.82) is 0 Å². The molecule has 3 aliphatic rings. The number of carbonyl (C=O) groups excluding carboxylic acids is 1. The van der Waals surface area contributed by atoms with E-state index in [9.17, 15) is 9.00 Å². The predicted molar refractivity (Wildman–Crippen MR) is 119 cm³/mol. The van der Waals surface area contributed by atoms with Crippen molar-refractivity contribution in [3.8, 4) is 0 Å². The molecule has 2 aromatic rings. The van der Waals surface area contributed by atoms with E-state index in [4.69, 9.17) is 22.1 Å². The molecule has 0 bridgehead atoms. The van der Waals surface area contributed by atoms with Gasteiger partial charge in [-0.3, -0.25) is 18.6 Å². The smallest absolute Gasteiger partial charge is 0.251 e. The maximum atomic E-state index is 12.0. The van der Waals surface area contributed by atoms with Crippen molar-refractivity contribution in [1.82, 2.24) is 14.7 Å². The molecule has 3 unspecified atom stereocenters. The molecule has 0 saturated carbocycles. The minimum Gasteiger partial charge on any atom is -0.367 e. The van der Waals surface area contributed by atoms with Crippen LogP contribution in [0.1, 0.15) is 49.0 Å². The van der Waals surface area contributed by atoms with Crippen LogP contribution in [0.15, 0.2) is 30.6 Å². The first-order valence-electron chi connectivity index (χ1n) is 10.7. The third kappa shape index (κ3) is 3.73. The molecule has 1 spiro atoms. The van der Waals surface area contributed by atoms with E-state index >= 15 is 0 Å². The number of likely N-dealkylation sites (tertiary alicyclic amines) is 1. The first kappa shape index (κ1) is 21.1. The Hall–Kier alpha value is -1.74. The lowest BCUT2D eigenvalue weighted by Crippen LogP contribution is -2.42. The van der Waals surface area contributed by atoms with E-state index in [1.165, 1.54) is 0 Å². The van der Waals surface area contributed by atoms with Gasteiger partial charge in [-0.2, -0.15) is 5.10 Å². The van der Waals surface area contributed by atoms with Gasteiger partial charge >= 0.3 is 0 Å². The van der Waals surface area contributed by atoms with Crippen LogP contribution in [-0.4, -0.2) is 49.4 Å². The summed E-state index contributed by atoms with van der Waals surface area (Å²) in [5, 5.41) is 5.22. The van der Waals surface area contributed by atoms with Crippen LogP contribution in [0.25, 0.3) is 0 Å². The summed E-state index contributed by atoms with van der Waals surface area (Å²) < 4.78 is 20.1. The summed E-state index contributed by atoms with van der Waals surface area (Å²) in [6, 6.07) is 5.57. The molecule has 0 radical (unpaired) electrons. The fourth-order valence-corrected chi connectivity index (χ4v) is 7.13. The number of halogens is 1. The molecular formula is C22H27ClN4O3S. The minimum atomic E-state index is -0.749.